The Labute approximate surface area is 92.4 Å². The molecule has 0 aromatic rings. The van der Waals surface area contributed by atoms with Gasteiger partial charge in [-0.15, -0.1) is 12.4 Å². The van der Waals surface area contributed by atoms with Gasteiger partial charge in [0.25, 0.3) is 0 Å². The molecular formula is C10H21ClN2O. The predicted molar refractivity (Wildman–Crippen MR) is 59.9 cm³/mol. The lowest BCUT2D eigenvalue weighted by Crippen LogP contribution is -2.35. The van der Waals surface area contributed by atoms with Crippen LogP contribution in [0.1, 0.15) is 25.7 Å². The summed E-state index contributed by atoms with van der Waals surface area (Å²) in [4.78, 5) is 2.55. The lowest BCUT2D eigenvalue weighted by Gasteiger charge is -2.25. The highest BCUT2D eigenvalue weighted by atomic mass is 35.5. The molecule has 2 fully saturated rings. The molecule has 2 atom stereocenters. The predicted octanol–water partition coefficient (Wildman–Crippen LogP) is 1.01. The van der Waals surface area contributed by atoms with Crippen LogP contribution in [0.4, 0.5) is 0 Å². The molecule has 4 heteroatoms. The molecule has 0 spiro atoms. The highest BCUT2D eigenvalue weighted by molar-refractivity contribution is 5.85. The molecule has 14 heavy (non-hydrogen) atoms. The molecule has 2 saturated heterocycles. The molecule has 0 saturated carbocycles. The van der Waals surface area contributed by atoms with Crippen molar-refractivity contribution in [3.05, 3.63) is 0 Å². The third-order valence-electron chi connectivity index (χ3n) is 3.19. The van der Waals surface area contributed by atoms with E-state index in [0.717, 1.165) is 25.8 Å². The maximum atomic E-state index is 5.90. The lowest BCUT2D eigenvalue weighted by molar-refractivity contribution is 0.134. The van der Waals surface area contributed by atoms with Crippen LogP contribution in [-0.2, 0) is 4.74 Å². The quantitative estimate of drug-likeness (QED) is 0.717. The fourth-order valence-corrected chi connectivity index (χ4v) is 2.40. The Balaban J connectivity index is 0.000000980. The standard InChI is InChI=1S/C10H20N2O.ClH/c11-9-3-5-12(8-9)10-2-1-6-13-7-4-10;/h9-10H,1-8,11H2;1H/t9-,10?;/m1./s1. The average molecular weight is 221 g/mol. The van der Waals surface area contributed by atoms with Gasteiger partial charge < -0.3 is 10.5 Å². The van der Waals surface area contributed by atoms with Crippen LogP contribution in [0.5, 0.6) is 0 Å². The summed E-state index contributed by atoms with van der Waals surface area (Å²) in [5, 5.41) is 0. The van der Waals surface area contributed by atoms with E-state index in [0.29, 0.717) is 6.04 Å². The lowest BCUT2D eigenvalue weighted by atomic mass is 10.1. The summed E-state index contributed by atoms with van der Waals surface area (Å²) in [5.41, 5.74) is 5.90. The topological polar surface area (TPSA) is 38.5 Å². The molecule has 1 unspecified atom stereocenters. The van der Waals surface area contributed by atoms with Crippen LogP contribution >= 0.6 is 12.4 Å². The molecule has 2 aliphatic heterocycles. The zero-order valence-corrected chi connectivity index (χ0v) is 9.47. The molecule has 0 amide bonds. The van der Waals surface area contributed by atoms with E-state index in [2.05, 4.69) is 4.90 Å². The molecule has 2 heterocycles. The Morgan fingerprint density at radius 1 is 1.14 bits per heavy atom. The maximum Gasteiger partial charge on any atom is 0.0480 e. The number of halogens is 1. The van der Waals surface area contributed by atoms with E-state index in [1.54, 1.807) is 0 Å². The van der Waals surface area contributed by atoms with Gasteiger partial charge in [-0.2, -0.15) is 0 Å². The van der Waals surface area contributed by atoms with Crippen molar-refractivity contribution in [2.75, 3.05) is 26.3 Å². The Bertz CT molecular complexity index is 160. The van der Waals surface area contributed by atoms with Gasteiger partial charge in [0, 0.05) is 38.4 Å². The van der Waals surface area contributed by atoms with Gasteiger partial charge in [-0.05, 0) is 25.7 Å². The second-order valence-electron chi connectivity index (χ2n) is 4.24. The largest absolute Gasteiger partial charge is 0.381 e. The Hall–Kier alpha value is 0.170. The van der Waals surface area contributed by atoms with E-state index in [1.165, 1.54) is 32.2 Å². The Kier molecular flexibility index (Phi) is 5.17. The van der Waals surface area contributed by atoms with E-state index in [1.807, 2.05) is 0 Å². The first-order valence-electron chi connectivity index (χ1n) is 5.43. The van der Waals surface area contributed by atoms with Crippen molar-refractivity contribution in [2.45, 2.75) is 37.8 Å². The number of rotatable bonds is 1. The summed E-state index contributed by atoms with van der Waals surface area (Å²) >= 11 is 0. The molecule has 2 rings (SSSR count). The molecule has 0 aromatic carbocycles. The smallest absolute Gasteiger partial charge is 0.0480 e. The summed E-state index contributed by atoms with van der Waals surface area (Å²) in [6.45, 7) is 4.20. The van der Waals surface area contributed by atoms with Crippen molar-refractivity contribution in [2.24, 2.45) is 5.73 Å². The average Bonchev–Trinajstić information content (AvgIpc) is 2.43. The summed E-state index contributed by atoms with van der Waals surface area (Å²) in [7, 11) is 0. The van der Waals surface area contributed by atoms with Crippen molar-refractivity contribution in [1.82, 2.24) is 4.90 Å². The molecular weight excluding hydrogens is 200 g/mol. The monoisotopic (exact) mass is 220 g/mol. The number of hydrogen-bond acceptors (Lipinski definition) is 3. The van der Waals surface area contributed by atoms with Crippen LogP contribution < -0.4 is 5.73 Å². The van der Waals surface area contributed by atoms with Crippen LogP contribution in [0.15, 0.2) is 0 Å². The zero-order valence-electron chi connectivity index (χ0n) is 8.65. The summed E-state index contributed by atoms with van der Waals surface area (Å²) in [6, 6.07) is 1.17. The highest BCUT2D eigenvalue weighted by Gasteiger charge is 2.26. The van der Waals surface area contributed by atoms with Crippen molar-refractivity contribution in [3.63, 3.8) is 0 Å². The third-order valence-corrected chi connectivity index (χ3v) is 3.19. The fraction of sp³-hybridized carbons (Fsp3) is 1.00. The van der Waals surface area contributed by atoms with E-state index in [9.17, 15) is 0 Å². The first-order valence-corrected chi connectivity index (χ1v) is 5.43. The van der Waals surface area contributed by atoms with E-state index < -0.39 is 0 Å². The van der Waals surface area contributed by atoms with Gasteiger partial charge in [0.1, 0.15) is 0 Å². The Morgan fingerprint density at radius 3 is 2.71 bits per heavy atom. The number of hydrogen-bond donors (Lipinski definition) is 1. The van der Waals surface area contributed by atoms with E-state index in [-0.39, 0.29) is 12.4 Å². The van der Waals surface area contributed by atoms with Crippen molar-refractivity contribution < 1.29 is 4.74 Å². The van der Waals surface area contributed by atoms with Gasteiger partial charge in [0.2, 0.25) is 0 Å². The summed E-state index contributed by atoms with van der Waals surface area (Å²) < 4.78 is 5.45. The molecule has 0 aromatic heterocycles. The minimum absolute atomic E-state index is 0. The number of nitrogens with two attached hydrogens (primary N) is 1. The molecule has 2 N–H and O–H groups in total. The second-order valence-corrected chi connectivity index (χ2v) is 4.24. The van der Waals surface area contributed by atoms with Crippen molar-refractivity contribution in [3.8, 4) is 0 Å². The summed E-state index contributed by atoms with van der Waals surface area (Å²) in [6.07, 6.45) is 4.90. The third kappa shape index (κ3) is 3.09. The SMILES string of the molecule is Cl.N[C@@H]1CCN(C2CCCOCC2)C1. The normalized spacial score (nSPS) is 34.9. The van der Waals surface area contributed by atoms with Crippen LogP contribution in [0.25, 0.3) is 0 Å². The molecule has 0 radical (unpaired) electrons. The van der Waals surface area contributed by atoms with Gasteiger partial charge >= 0.3 is 0 Å². The van der Waals surface area contributed by atoms with E-state index >= 15 is 0 Å². The van der Waals surface area contributed by atoms with Crippen molar-refractivity contribution >= 4 is 12.4 Å². The highest BCUT2D eigenvalue weighted by Crippen LogP contribution is 2.19. The Morgan fingerprint density at radius 2 is 2.00 bits per heavy atom. The number of ether oxygens (including phenoxy) is 1. The fourth-order valence-electron chi connectivity index (χ4n) is 2.40. The van der Waals surface area contributed by atoms with Gasteiger partial charge in [-0.3, -0.25) is 4.90 Å². The first-order chi connectivity index (χ1) is 6.36. The number of likely N-dealkylation sites (tertiary alicyclic amines) is 1. The maximum absolute atomic E-state index is 5.90. The van der Waals surface area contributed by atoms with Crippen LogP contribution in [0, 0.1) is 0 Å². The molecule has 0 aliphatic carbocycles. The minimum Gasteiger partial charge on any atom is -0.381 e. The van der Waals surface area contributed by atoms with Gasteiger partial charge in [0.15, 0.2) is 0 Å². The second kappa shape index (κ2) is 5.91. The molecule has 0 bridgehead atoms. The number of nitrogens with zero attached hydrogens (tertiary/aromatic N) is 1. The van der Waals surface area contributed by atoms with Crippen LogP contribution in [-0.4, -0.2) is 43.3 Å². The van der Waals surface area contributed by atoms with Crippen LogP contribution in [0.3, 0.4) is 0 Å². The van der Waals surface area contributed by atoms with Crippen molar-refractivity contribution in [1.29, 1.82) is 0 Å². The molecule has 2 aliphatic rings. The van der Waals surface area contributed by atoms with E-state index in [4.69, 9.17) is 10.5 Å². The van der Waals surface area contributed by atoms with Gasteiger partial charge in [-0.1, -0.05) is 0 Å². The van der Waals surface area contributed by atoms with Gasteiger partial charge in [0.05, 0.1) is 0 Å². The summed E-state index contributed by atoms with van der Waals surface area (Å²) in [5.74, 6) is 0. The van der Waals surface area contributed by atoms with Gasteiger partial charge in [-0.25, -0.2) is 0 Å². The zero-order chi connectivity index (χ0) is 9.10. The van der Waals surface area contributed by atoms with Crippen LogP contribution in [0.2, 0.25) is 0 Å². The molecule has 84 valence electrons. The minimum atomic E-state index is 0. The first kappa shape index (κ1) is 12.2. The molecule has 3 nitrogen and oxygen atoms in total.